The molecule has 0 radical (unpaired) electrons. The summed E-state index contributed by atoms with van der Waals surface area (Å²) < 4.78 is 6.10. The Labute approximate surface area is 113 Å². The summed E-state index contributed by atoms with van der Waals surface area (Å²) in [4.78, 5) is 24.6. The number of ether oxygens (including phenoxy) is 1. The molecule has 0 bridgehead atoms. The molecule has 0 spiro atoms. The highest BCUT2D eigenvalue weighted by molar-refractivity contribution is 9.10. The number of hydrogen-bond donors (Lipinski definition) is 1. The Morgan fingerprint density at radius 3 is 2.83 bits per heavy atom. The molecule has 6 heteroatoms. The van der Waals surface area contributed by atoms with Crippen LogP contribution in [0.4, 0.5) is 5.69 Å². The van der Waals surface area contributed by atoms with Gasteiger partial charge in [0.2, 0.25) is 11.8 Å². The zero-order chi connectivity index (χ0) is 13.3. The molecule has 2 rings (SSSR count). The van der Waals surface area contributed by atoms with Gasteiger partial charge in [0.1, 0.15) is 5.75 Å². The zero-order valence-electron chi connectivity index (χ0n) is 9.85. The standard InChI is InChI=1S/C12H13BrN2O3/c1-18-10-5-8(13)2-3-9(10)15-6-7(12(14)17)4-11(15)16/h2-3,5,7H,4,6H2,1H3,(H2,14,17). The lowest BCUT2D eigenvalue weighted by molar-refractivity contribution is -0.123. The molecule has 5 nitrogen and oxygen atoms in total. The number of anilines is 1. The van der Waals surface area contributed by atoms with E-state index in [0.29, 0.717) is 18.0 Å². The molecule has 1 aliphatic rings. The molecule has 0 saturated carbocycles. The number of methoxy groups -OCH3 is 1. The minimum Gasteiger partial charge on any atom is -0.495 e. The maximum absolute atomic E-state index is 11.9. The third kappa shape index (κ3) is 2.33. The van der Waals surface area contributed by atoms with Crippen molar-refractivity contribution in [3.63, 3.8) is 0 Å². The number of nitrogens with zero attached hydrogens (tertiary/aromatic N) is 1. The van der Waals surface area contributed by atoms with Crippen LogP contribution < -0.4 is 15.4 Å². The lowest BCUT2D eigenvalue weighted by atomic mass is 10.1. The Balaban J connectivity index is 2.32. The number of halogens is 1. The molecule has 1 aromatic rings. The van der Waals surface area contributed by atoms with Gasteiger partial charge in [-0.15, -0.1) is 0 Å². The van der Waals surface area contributed by atoms with Crippen LogP contribution in [0.2, 0.25) is 0 Å². The van der Waals surface area contributed by atoms with Crippen LogP contribution in [-0.4, -0.2) is 25.5 Å². The summed E-state index contributed by atoms with van der Waals surface area (Å²) in [5.41, 5.74) is 5.90. The van der Waals surface area contributed by atoms with E-state index in [4.69, 9.17) is 10.5 Å². The highest BCUT2D eigenvalue weighted by Crippen LogP contribution is 2.34. The van der Waals surface area contributed by atoms with E-state index < -0.39 is 11.8 Å². The molecule has 96 valence electrons. The van der Waals surface area contributed by atoms with Crippen LogP contribution in [0.3, 0.4) is 0 Å². The van der Waals surface area contributed by atoms with Crippen LogP contribution in [0.1, 0.15) is 6.42 Å². The van der Waals surface area contributed by atoms with Gasteiger partial charge >= 0.3 is 0 Å². The van der Waals surface area contributed by atoms with Gasteiger partial charge in [0.15, 0.2) is 0 Å². The molecular weight excluding hydrogens is 300 g/mol. The average molecular weight is 313 g/mol. The summed E-state index contributed by atoms with van der Waals surface area (Å²) in [5, 5.41) is 0. The minimum absolute atomic E-state index is 0.112. The van der Waals surface area contributed by atoms with E-state index in [-0.39, 0.29) is 12.3 Å². The van der Waals surface area contributed by atoms with Gasteiger partial charge in [-0.3, -0.25) is 9.59 Å². The normalized spacial score (nSPS) is 19.1. The van der Waals surface area contributed by atoms with Gasteiger partial charge in [-0.1, -0.05) is 15.9 Å². The molecule has 18 heavy (non-hydrogen) atoms. The van der Waals surface area contributed by atoms with E-state index in [0.717, 1.165) is 4.47 Å². The van der Waals surface area contributed by atoms with E-state index in [1.807, 2.05) is 6.07 Å². The minimum atomic E-state index is -0.443. The molecular formula is C12H13BrN2O3. The fraction of sp³-hybridized carbons (Fsp3) is 0.333. The van der Waals surface area contributed by atoms with Gasteiger partial charge in [0.25, 0.3) is 0 Å². The Morgan fingerprint density at radius 2 is 2.28 bits per heavy atom. The molecule has 0 aliphatic carbocycles. The summed E-state index contributed by atoms with van der Waals surface area (Å²) in [6, 6.07) is 5.38. The number of benzene rings is 1. The van der Waals surface area contributed by atoms with Gasteiger partial charge in [0.05, 0.1) is 18.7 Å². The molecule has 1 fully saturated rings. The quantitative estimate of drug-likeness (QED) is 0.914. The van der Waals surface area contributed by atoms with Gasteiger partial charge in [0, 0.05) is 17.4 Å². The SMILES string of the molecule is COc1cc(Br)ccc1N1CC(C(N)=O)CC1=O. The summed E-state index contributed by atoms with van der Waals surface area (Å²) in [7, 11) is 1.54. The van der Waals surface area contributed by atoms with Crippen molar-refractivity contribution in [2.45, 2.75) is 6.42 Å². The molecule has 1 saturated heterocycles. The molecule has 2 N–H and O–H groups in total. The van der Waals surface area contributed by atoms with Crippen molar-refractivity contribution >= 4 is 33.4 Å². The van der Waals surface area contributed by atoms with Crippen molar-refractivity contribution in [1.82, 2.24) is 0 Å². The second-order valence-electron chi connectivity index (χ2n) is 4.12. The number of rotatable bonds is 3. The number of primary amides is 1. The van der Waals surface area contributed by atoms with Crippen molar-refractivity contribution in [2.75, 3.05) is 18.6 Å². The van der Waals surface area contributed by atoms with E-state index in [1.165, 1.54) is 7.11 Å². The topological polar surface area (TPSA) is 72.6 Å². The number of hydrogen-bond acceptors (Lipinski definition) is 3. The lowest BCUT2D eigenvalue weighted by Crippen LogP contribution is -2.28. The third-order valence-corrected chi connectivity index (χ3v) is 3.45. The lowest BCUT2D eigenvalue weighted by Gasteiger charge is -2.19. The molecule has 1 aliphatic heterocycles. The van der Waals surface area contributed by atoms with E-state index >= 15 is 0 Å². The first-order valence-electron chi connectivity index (χ1n) is 5.46. The molecule has 1 atom stereocenters. The summed E-state index contributed by atoms with van der Waals surface area (Å²) in [6.45, 7) is 0.312. The molecule has 1 aromatic carbocycles. The van der Waals surface area contributed by atoms with E-state index in [1.54, 1.807) is 17.0 Å². The average Bonchev–Trinajstić information content (AvgIpc) is 2.71. The summed E-state index contributed by atoms with van der Waals surface area (Å²) in [6.07, 6.45) is 0.161. The second-order valence-corrected chi connectivity index (χ2v) is 5.04. The fourth-order valence-corrected chi connectivity index (χ4v) is 2.35. The van der Waals surface area contributed by atoms with Gasteiger partial charge in [-0.2, -0.15) is 0 Å². The Bertz CT molecular complexity index is 504. The first-order chi connectivity index (χ1) is 8.52. The second kappa shape index (κ2) is 4.97. The van der Waals surface area contributed by atoms with Crippen molar-refractivity contribution in [2.24, 2.45) is 11.7 Å². The Kier molecular flexibility index (Phi) is 3.56. The van der Waals surface area contributed by atoms with Gasteiger partial charge in [-0.05, 0) is 18.2 Å². The molecule has 1 heterocycles. The molecule has 2 amide bonds. The Hall–Kier alpha value is -1.56. The molecule has 0 aromatic heterocycles. The van der Waals surface area contributed by atoms with Gasteiger partial charge in [-0.25, -0.2) is 0 Å². The van der Waals surface area contributed by atoms with Crippen LogP contribution in [0.25, 0.3) is 0 Å². The Morgan fingerprint density at radius 1 is 1.56 bits per heavy atom. The monoisotopic (exact) mass is 312 g/mol. The van der Waals surface area contributed by atoms with Crippen molar-refractivity contribution in [1.29, 1.82) is 0 Å². The maximum atomic E-state index is 11.9. The number of carbonyl (C=O) groups is 2. The zero-order valence-corrected chi connectivity index (χ0v) is 11.4. The van der Waals surface area contributed by atoms with Crippen LogP contribution >= 0.6 is 15.9 Å². The first-order valence-corrected chi connectivity index (χ1v) is 6.25. The predicted molar refractivity (Wildman–Crippen MR) is 70.3 cm³/mol. The highest BCUT2D eigenvalue weighted by Gasteiger charge is 2.35. The van der Waals surface area contributed by atoms with Crippen molar-refractivity contribution < 1.29 is 14.3 Å². The molecule has 1 unspecified atom stereocenters. The van der Waals surface area contributed by atoms with Crippen molar-refractivity contribution in [3.05, 3.63) is 22.7 Å². The van der Waals surface area contributed by atoms with Crippen LogP contribution in [0, 0.1) is 5.92 Å². The summed E-state index contributed by atoms with van der Waals surface area (Å²) >= 11 is 3.34. The van der Waals surface area contributed by atoms with E-state index in [2.05, 4.69) is 15.9 Å². The largest absolute Gasteiger partial charge is 0.495 e. The van der Waals surface area contributed by atoms with E-state index in [9.17, 15) is 9.59 Å². The third-order valence-electron chi connectivity index (χ3n) is 2.96. The van der Waals surface area contributed by atoms with Crippen LogP contribution in [-0.2, 0) is 9.59 Å². The number of amides is 2. The number of carbonyl (C=O) groups excluding carboxylic acids is 2. The van der Waals surface area contributed by atoms with Crippen LogP contribution in [0.15, 0.2) is 22.7 Å². The maximum Gasteiger partial charge on any atom is 0.227 e. The van der Waals surface area contributed by atoms with Crippen molar-refractivity contribution in [3.8, 4) is 5.75 Å². The number of nitrogens with two attached hydrogens (primary N) is 1. The van der Waals surface area contributed by atoms with Crippen LogP contribution in [0.5, 0.6) is 5.75 Å². The fourth-order valence-electron chi connectivity index (χ4n) is 2.01. The summed E-state index contributed by atoms with van der Waals surface area (Å²) in [5.74, 6) is -0.393. The highest BCUT2D eigenvalue weighted by atomic mass is 79.9. The van der Waals surface area contributed by atoms with Gasteiger partial charge < -0.3 is 15.4 Å². The predicted octanol–water partition coefficient (Wildman–Crippen LogP) is 1.30. The first kappa shape index (κ1) is 12.9. The smallest absolute Gasteiger partial charge is 0.227 e.